The van der Waals surface area contributed by atoms with E-state index in [2.05, 4.69) is 17.2 Å². The molecule has 0 aliphatic carbocycles. The van der Waals surface area contributed by atoms with E-state index < -0.39 is 5.97 Å². The maximum absolute atomic E-state index is 12.4. The summed E-state index contributed by atoms with van der Waals surface area (Å²) in [5.41, 5.74) is 1.90. The molecule has 0 unspecified atom stereocenters. The Labute approximate surface area is 146 Å². The Balaban J connectivity index is 1.63. The standard InChI is InChI=1S/C18H24N4O3/c1-3-14-7-5-6-10-21(14)17(23)12-25-18(24)13-8-9-16-15(11-13)19-20-22(16)4-2/h8-9,11,14H,3-7,10,12H2,1-2H3/t14-/m1/s1. The van der Waals surface area contributed by atoms with Gasteiger partial charge in [0, 0.05) is 19.1 Å². The summed E-state index contributed by atoms with van der Waals surface area (Å²) in [5.74, 6) is -0.621. The van der Waals surface area contributed by atoms with E-state index in [4.69, 9.17) is 4.74 Å². The Morgan fingerprint density at radius 1 is 1.28 bits per heavy atom. The molecule has 1 saturated heterocycles. The lowest BCUT2D eigenvalue weighted by Gasteiger charge is -2.35. The molecular weight excluding hydrogens is 320 g/mol. The summed E-state index contributed by atoms with van der Waals surface area (Å²) >= 11 is 0. The highest BCUT2D eigenvalue weighted by molar-refractivity contribution is 5.94. The van der Waals surface area contributed by atoms with E-state index in [9.17, 15) is 9.59 Å². The van der Waals surface area contributed by atoms with Crippen LogP contribution in [0.15, 0.2) is 18.2 Å². The second-order valence-corrected chi connectivity index (χ2v) is 6.33. The maximum Gasteiger partial charge on any atom is 0.338 e. The van der Waals surface area contributed by atoms with Crippen LogP contribution < -0.4 is 0 Å². The van der Waals surface area contributed by atoms with E-state index in [1.165, 1.54) is 0 Å². The van der Waals surface area contributed by atoms with Crippen molar-refractivity contribution >= 4 is 22.9 Å². The maximum atomic E-state index is 12.4. The number of carbonyl (C=O) groups excluding carboxylic acids is 2. The largest absolute Gasteiger partial charge is 0.452 e. The van der Waals surface area contributed by atoms with Crippen molar-refractivity contribution in [3.63, 3.8) is 0 Å². The molecule has 1 aliphatic heterocycles. The number of amides is 1. The fraction of sp³-hybridized carbons (Fsp3) is 0.556. The highest BCUT2D eigenvalue weighted by Crippen LogP contribution is 2.20. The number of nitrogens with zero attached hydrogens (tertiary/aromatic N) is 4. The first kappa shape index (κ1) is 17.4. The molecule has 0 spiro atoms. The van der Waals surface area contributed by atoms with Crippen molar-refractivity contribution in [2.24, 2.45) is 0 Å². The number of likely N-dealkylation sites (tertiary alicyclic amines) is 1. The van der Waals surface area contributed by atoms with Gasteiger partial charge in [-0.2, -0.15) is 0 Å². The molecule has 7 heteroatoms. The lowest BCUT2D eigenvalue weighted by atomic mass is 10.00. The first-order valence-corrected chi connectivity index (χ1v) is 8.93. The third-order valence-corrected chi connectivity index (χ3v) is 4.79. The van der Waals surface area contributed by atoms with Gasteiger partial charge >= 0.3 is 5.97 Å². The van der Waals surface area contributed by atoms with Crippen molar-refractivity contribution in [1.29, 1.82) is 0 Å². The van der Waals surface area contributed by atoms with E-state index >= 15 is 0 Å². The highest BCUT2D eigenvalue weighted by Gasteiger charge is 2.26. The van der Waals surface area contributed by atoms with Gasteiger partial charge in [-0.3, -0.25) is 4.79 Å². The fourth-order valence-electron chi connectivity index (χ4n) is 3.38. The van der Waals surface area contributed by atoms with Crippen molar-refractivity contribution in [1.82, 2.24) is 19.9 Å². The number of fused-ring (bicyclic) bond motifs is 1. The first-order chi connectivity index (χ1) is 12.1. The topological polar surface area (TPSA) is 77.3 Å². The van der Waals surface area contributed by atoms with Crippen molar-refractivity contribution in [2.75, 3.05) is 13.2 Å². The monoisotopic (exact) mass is 344 g/mol. The van der Waals surface area contributed by atoms with Gasteiger partial charge in [0.1, 0.15) is 5.52 Å². The van der Waals surface area contributed by atoms with Gasteiger partial charge in [0.05, 0.1) is 11.1 Å². The number of aromatic nitrogens is 3. The summed E-state index contributed by atoms with van der Waals surface area (Å²) in [6.07, 6.45) is 4.13. The second kappa shape index (κ2) is 7.63. The molecule has 2 aromatic rings. The van der Waals surface area contributed by atoms with Crippen molar-refractivity contribution < 1.29 is 14.3 Å². The van der Waals surface area contributed by atoms with Crippen LogP contribution in [0.25, 0.3) is 11.0 Å². The second-order valence-electron chi connectivity index (χ2n) is 6.33. The molecule has 0 radical (unpaired) electrons. The van der Waals surface area contributed by atoms with Crippen LogP contribution in [0.1, 0.15) is 49.9 Å². The number of esters is 1. The van der Waals surface area contributed by atoms with E-state index in [1.807, 2.05) is 11.8 Å². The van der Waals surface area contributed by atoms with Gasteiger partial charge in [0.2, 0.25) is 0 Å². The van der Waals surface area contributed by atoms with Gasteiger partial charge in [0.15, 0.2) is 6.61 Å². The Morgan fingerprint density at radius 2 is 2.12 bits per heavy atom. The predicted octanol–water partition coefficient (Wildman–Crippen LogP) is 2.40. The Bertz CT molecular complexity index is 771. The van der Waals surface area contributed by atoms with Crippen LogP contribution in [0.4, 0.5) is 0 Å². The molecule has 3 rings (SSSR count). The van der Waals surface area contributed by atoms with E-state index in [0.717, 1.165) is 37.7 Å². The lowest BCUT2D eigenvalue weighted by Crippen LogP contribution is -2.45. The molecule has 25 heavy (non-hydrogen) atoms. The molecule has 1 amide bonds. The fourth-order valence-corrected chi connectivity index (χ4v) is 3.38. The number of piperidine rings is 1. The normalized spacial score (nSPS) is 17.7. The molecule has 0 N–H and O–H groups in total. The van der Waals surface area contributed by atoms with E-state index in [0.29, 0.717) is 17.6 Å². The number of benzene rings is 1. The summed E-state index contributed by atoms with van der Waals surface area (Å²) < 4.78 is 6.99. The van der Waals surface area contributed by atoms with Gasteiger partial charge in [-0.1, -0.05) is 12.1 Å². The zero-order chi connectivity index (χ0) is 17.8. The number of hydrogen-bond acceptors (Lipinski definition) is 5. The minimum absolute atomic E-state index is 0.113. The van der Waals surface area contributed by atoms with Gasteiger partial charge in [-0.25, -0.2) is 9.48 Å². The predicted molar refractivity (Wildman–Crippen MR) is 93.1 cm³/mol. The molecule has 7 nitrogen and oxygen atoms in total. The van der Waals surface area contributed by atoms with Gasteiger partial charge in [-0.15, -0.1) is 5.10 Å². The average Bonchev–Trinajstić information content (AvgIpc) is 3.08. The summed E-state index contributed by atoms with van der Waals surface area (Å²) in [7, 11) is 0. The Morgan fingerprint density at radius 3 is 2.88 bits per heavy atom. The summed E-state index contributed by atoms with van der Waals surface area (Å²) in [6.45, 7) is 5.31. The van der Waals surface area contributed by atoms with Crippen LogP contribution in [-0.2, 0) is 16.1 Å². The van der Waals surface area contributed by atoms with Crippen LogP contribution in [0.2, 0.25) is 0 Å². The third kappa shape index (κ3) is 3.65. The minimum Gasteiger partial charge on any atom is -0.452 e. The Hall–Kier alpha value is -2.44. The average molecular weight is 344 g/mol. The van der Waals surface area contributed by atoms with E-state index in [1.54, 1.807) is 22.9 Å². The van der Waals surface area contributed by atoms with Crippen LogP contribution in [0, 0.1) is 0 Å². The molecule has 1 aromatic carbocycles. The van der Waals surface area contributed by atoms with Crippen LogP contribution in [0.3, 0.4) is 0 Å². The lowest BCUT2D eigenvalue weighted by molar-refractivity contribution is -0.138. The zero-order valence-electron chi connectivity index (χ0n) is 14.8. The number of hydrogen-bond donors (Lipinski definition) is 0. The molecule has 0 bridgehead atoms. The quantitative estimate of drug-likeness (QED) is 0.778. The SMILES string of the molecule is CC[C@@H]1CCCCN1C(=O)COC(=O)c1ccc2c(c1)nnn2CC. The zero-order valence-corrected chi connectivity index (χ0v) is 14.8. The number of aryl methyl sites for hydroxylation is 1. The molecule has 1 fully saturated rings. The summed E-state index contributed by atoms with van der Waals surface area (Å²) in [4.78, 5) is 26.5. The third-order valence-electron chi connectivity index (χ3n) is 4.79. The summed E-state index contributed by atoms with van der Waals surface area (Å²) in [5, 5.41) is 8.07. The minimum atomic E-state index is -0.508. The van der Waals surface area contributed by atoms with Gasteiger partial charge < -0.3 is 9.64 Å². The Kier molecular flexibility index (Phi) is 5.31. The van der Waals surface area contributed by atoms with Gasteiger partial charge in [0.25, 0.3) is 5.91 Å². The smallest absolute Gasteiger partial charge is 0.338 e. The highest BCUT2D eigenvalue weighted by atomic mass is 16.5. The van der Waals surface area contributed by atoms with Gasteiger partial charge in [-0.05, 0) is 50.8 Å². The molecule has 1 aromatic heterocycles. The number of rotatable bonds is 5. The molecular formula is C18H24N4O3. The molecule has 1 atom stereocenters. The number of ether oxygens (including phenoxy) is 1. The van der Waals surface area contributed by atoms with Crippen LogP contribution in [-0.4, -0.2) is 51.0 Å². The molecule has 134 valence electrons. The number of carbonyl (C=O) groups is 2. The summed E-state index contributed by atoms with van der Waals surface area (Å²) in [6, 6.07) is 5.40. The van der Waals surface area contributed by atoms with Crippen LogP contribution in [0.5, 0.6) is 0 Å². The molecule has 0 saturated carbocycles. The van der Waals surface area contributed by atoms with Crippen molar-refractivity contribution in [3.05, 3.63) is 23.8 Å². The van der Waals surface area contributed by atoms with Crippen molar-refractivity contribution in [2.45, 2.75) is 52.1 Å². The molecule has 2 heterocycles. The van der Waals surface area contributed by atoms with Crippen LogP contribution >= 0.6 is 0 Å². The molecule has 1 aliphatic rings. The van der Waals surface area contributed by atoms with Crippen molar-refractivity contribution in [3.8, 4) is 0 Å². The van der Waals surface area contributed by atoms with E-state index in [-0.39, 0.29) is 18.6 Å². The first-order valence-electron chi connectivity index (χ1n) is 8.93.